The number of hydrogen-bond donors (Lipinski definition) is 0. The van der Waals surface area contributed by atoms with E-state index in [2.05, 4.69) is 39.0 Å². The van der Waals surface area contributed by atoms with E-state index >= 15 is 0 Å². The van der Waals surface area contributed by atoms with Gasteiger partial charge in [-0.1, -0.05) is 12.1 Å². The van der Waals surface area contributed by atoms with Gasteiger partial charge in [0, 0.05) is 74.2 Å². The van der Waals surface area contributed by atoms with Crippen LogP contribution in [0.5, 0.6) is 0 Å². The Labute approximate surface area is 197 Å². The molecule has 2 aromatic carbocycles. The Balaban J connectivity index is 1.35. The molecule has 9 heteroatoms. The van der Waals surface area contributed by atoms with Crippen LogP contribution in [-0.4, -0.2) is 71.6 Å². The van der Waals surface area contributed by atoms with Crippen LogP contribution in [0.15, 0.2) is 59.8 Å². The number of non-ortho nitro benzene ring substituents is 1. The van der Waals surface area contributed by atoms with Gasteiger partial charge < -0.3 is 9.80 Å². The first kappa shape index (κ1) is 23.0. The van der Waals surface area contributed by atoms with Crippen molar-refractivity contribution in [1.82, 2.24) is 14.8 Å². The van der Waals surface area contributed by atoms with E-state index in [1.54, 1.807) is 35.1 Å². The molecule has 0 N–H and O–H groups in total. The minimum atomic E-state index is -0.370. The molecule has 0 atom stereocenters. The van der Waals surface area contributed by atoms with Crippen LogP contribution in [0.25, 0.3) is 10.8 Å². The minimum Gasteiger partial charge on any atom is -0.368 e. The monoisotopic (exact) mass is 465 g/mol. The van der Waals surface area contributed by atoms with E-state index in [-0.39, 0.29) is 16.5 Å². The lowest BCUT2D eigenvalue weighted by Gasteiger charge is -2.36. The van der Waals surface area contributed by atoms with Gasteiger partial charge in [-0.3, -0.25) is 24.8 Å². The zero-order chi connectivity index (χ0) is 23.4. The first-order valence-electron chi connectivity index (χ1n) is 10.8. The van der Waals surface area contributed by atoms with Crippen LogP contribution in [0.2, 0.25) is 0 Å². The van der Waals surface area contributed by atoms with Crippen LogP contribution in [0.4, 0.5) is 11.4 Å². The highest BCUT2D eigenvalue weighted by molar-refractivity contribution is 7.98. The second kappa shape index (κ2) is 10.2. The highest BCUT2D eigenvalue weighted by Crippen LogP contribution is 2.33. The standard InChI is InChI=1S/C24H27N5O3S/c1-26(16-18-3-5-19(33-2)6-4-18)24(30)17-27-11-13-28(14-12-27)22-7-8-23(29(31)32)21-15-25-10-9-20(21)22/h3-10,15H,11-14,16-17H2,1-2H3. The molecule has 1 aromatic heterocycles. The molecule has 1 saturated heterocycles. The summed E-state index contributed by atoms with van der Waals surface area (Å²) >= 11 is 1.70. The molecule has 8 nitrogen and oxygen atoms in total. The van der Waals surface area contributed by atoms with Crippen LogP contribution in [0.3, 0.4) is 0 Å². The van der Waals surface area contributed by atoms with Crippen LogP contribution in [-0.2, 0) is 11.3 Å². The number of rotatable bonds is 7. The number of piperazine rings is 1. The summed E-state index contributed by atoms with van der Waals surface area (Å²) in [6, 6.07) is 13.5. The fraction of sp³-hybridized carbons (Fsp3) is 0.333. The molecule has 0 aliphatic carbocycles. The molecule has 0 radical (unpaired) electrons. The summed E-state index contributed by atoms with van der Waals surface area (Å²) < 4.78 is 0. The zero-order valence-electron chi connectivity index (χ0n) is 18.8. The van der Waals surface area contributed by atoms with E-state index in [0.717, 1.165) is 42.8 Å². The Morgan fingerprint density at radius 3 is 2.48 bits per heavy atom. The smallest absolute Gasteiger partial charge is 0.278 e. The van der Waals surface area contributed by atoms with Crippen molar-refractivity contribution in [2.75, 3.05) is 50.9 Å². The van der Waals surface area contributed by atoms with Crippen LogP contribution < -0.4 is 4.90 Å². The molecule has 0 unspecified atom stereocenters. The van der Waals surface area contributed by atoms with E-state index in [0.29, 0.717) is 18.5 Å². The fourth-order valence-electron chi connectivity index (χ4n) is 4.15. The third kappa shape index (κ3) is 5.26. The maximum Gasteiger partial charge on any atom is 0.278 e. The number of anilines is 1. The van der Waals surface area contributed by atoms with Gasteiger partial charge in [-0.15, -0.1) is 11.8 Å². The van der Waals surface area contributed by atoms with E-state index in [1.165, 1.54) is 4.90 Å². The van der Waals surface area contributed by atoms with Crippen molar-refractivity contribution >= 4 is 39.8 Å². The molecule has 0 bridgehead atoms. The van der Waals surface area contributed by atoms with Crippen molar-refractivity contribution in [3.8, 4) is 0 Å². The second-order valence-electron chi connectivity index (χ2n) is 8.14. The zero-order valence-corrected chi connectivity index (χ0v) is 19.6. The Bertz CT molecular complexity index is 1150. The number of nitro benzene ring substituents is 1. The molecule has 2 heterocycles. The third-order valence-corrected chi connectivity index (χ3v) is 6.79. The molecular weight excluding hydrogens is 438 g/mol. The number of carbonyl (C=O) groups is 1. The number of carbonyl (C=O) groups excluding carboxylic acids is 1. The van der Waals surface area contributed by atoms with Crippen molar-refractivity contribution in [3.63, 3.8) is 0 Å². The largest absolute Gasteiger partial charge is 0.368 e. The molecule has 4 rings (SSSR count). The molecule has 3 aromatic rings. The summed E-state index contributed by atoms with van der Waals surface area (Å²) in [4.78, 5) is 35.2. The van der Waals surface area contributed by atoms with Crippen molar-refractivity contribution in [3.05, 3.63) is 70.5 Å². The number of benzene rings is 2. The second-order valence-corrected chi connectivity index (χ2v) is 9.02. The molecule has 0 spiro atoms. The highest BCUT2D eigenvalue weighted by atomic mass is 32.2. The van der Waals surface area contributed by atoms with Gasteiger partial charge in [-0.25, -0.2) is 0 Å². The van der Waals surface area contributed by atoms with Gasteiger partial charge in [0.25, 0.3) is 5.69 Å². The number of amides is 1. The number of fused-ring (bicyclic) bond motifs is 1. The molecule has 33 heavy (non-hydrogen) atoms. The number of nitro groups is 1. The summed E-state index contributed by atoms with van der Waals surface area (Å²) in [5.74, 6) is 0.101. The van der Waals surface area contributed by atoms with Crippen LogP contribution in [0.1, 0.15) is 5.56 Å². The van der Waals surface area contributed by atoms with Gasteiger partial charge in [0.15, 0.2) is 0 Å². The summed E-state index contributed by atoms with van der Waals surface area (Å²) in [5, 5.41) is 12.7. The summed E-state index contributed by atoms with van der Waals surface area (Å²) in [6.45, 7) is 4.00. The van der Waals surface area contributed by atoms with Crippen molar-refractivity contribution in [2.45, 2.75) is 11.4 Å². The summed E-state index contributed by atoms with van der Waals surface area (Å²) in [5.41, 5.74) is 2.15. The first-order chi connectivity index (χ1) is 16.0. The van der Waals surface area contributed by atoms with Gasteiger partial charge in [-0.2, -0.15) is 0 Å². The Morgan fingerprint density at radius 1 is 1.09 bits per heavy atom. The average Bonchev–Trinajstić information content (AvgIpc) is 2.84. The first-order valence-corrected chi connectivity index (χ1v) is 12.0. The molecule has 0 saturated carbocycles. The number of pyridine rings is 1. The lowest BCUT2D eigenvalue weighted by Crippen LogP contribution is -2.49. The number of hydrogen-bond acceptors (Lipinski definition) is 7. The Hall–Kier alpha value is -3.17. The highest BCUT2D eigenvalue weighted by Gasteiger charge is 2.23. The number of aromatic nitrogens is 1. The van der Waals surface area contributed by atoms with E-state index in [1.807, 2.05) is 25.4 Å². The number of thioether (sulfide) groups is 1. The Morgan fingerprint density at radius 2 is 1.82 bits per heavy atom. The number of likely N-dealkylation sites (N-methyl/N-ethyl adjacent to an activating group) is 1. The molecular formula is C24H27N5O3S. The minimum absolute atomic E-state index is 0.0669. The molecule has 1 aliphatic rings. The van der Waals surface area contributed by atoms with Crippen molar-refractivity contribution in [1.29, 1.82) is 0 Å². The maximum atomic E-state index is 12.8. The van der Waals surface area contributed by atoms with E-state index in [4.69, 9.17) is 0 Å². The fourth-order valence-corrected chi connectivity index (χ4v) is 4.55. The number of nitrogens with zero attached hydrogens (tertiary/aromatic N) is 5. The normalized spacial score (nSPS) is 14.4. The SMILES string of the molecule is CSc1ccc(CN(C)C(=O)CN2CCN(c3ccc([N+](=O)[O-])c4cnccc34)CC2)cc1. The van der Waals surface area contributed by atoms with Crippen LogP contribution in [0, 0.1) is 10.1 Å². The topological polar surface area (TPSA) is 82.8 Å². The van der Waals surface area contributed by atoms with E-state index < -0.39 is 0 Å². The quantitative estimate of drug-likeness (QED) is 0.299. The lowest BCUT2D eigenvalue weighted by molar-refractivity contribution is -0.383. The Kier molecular flexibility index (Phi) is 7.10. The molecule has 1 aliphatic heterocycles. The maximum absolute atomic E-state index is 12.8. The lowest BCUT2D eigenvalue weighted by atomic mass is 10.1. The predicted molar refractivity (Wildman–Crippen MR) is 132 cm³/mol. The molecule has 1 fully saturated rings. The van der Waals surface area contributed by atoms with Crippen molar-refractivity contribution in [2.24, 2.45) is 0 Å². The van der Waals surface area contributed by atoms with Crippen LogP contribution >= 0.6 is 11.8 Å². The molecule has 172 valence electrons. The van der Waals surface area contributed by atoms with Gasteiger partial charge in [0.05, 0.1) is 16.9 Å². The van der Waals surface area contributed by atoms with Gasteiger partial charge in [0.2, 0.25) is 5.91 Å². The van der Waals surface area contributed by atoms with Gasteiger partial charge in [-0.05, 0) is 36.1 Å². The van der Waals surface area contributed by atoms with Crippen molar-refractivity contribution < 1.29 is 9.72 Å². The third-order valence-electron chi connectivity index (χ3n) is 6.05. The predicted octanol–water partition coefficient (Wildman–Crippen LogP) is 3.65. The summed E-state index contributed by atoms with van der Waals surface area (Å²) in [6.07, 6.45) is 5.26. The van der Waals surface area contributed by atoms with E-state index in [9.17, 15) is 14.9 Å². The summed E-state index contributed by atoms with van der Waals surface area (Å²) in [7, 11) is 1.85. The van der Waals surface area contributed by atoms with Gasteiger partial charge >= 0.3 is 0 Å². The molecule has 1 amide bonds. The average molecular weight is 466 g/mol. The van der Waals surface area contributed by atoms with Gasteiger partial charge in [0.1, 0.15) is 0 Å².